The summed E-state index contributed by atoms with van der Waals surface area (Å²) in [6.45, 7) is 1.74. The van der Waals surface area contributed by atoms with Crippen molar-refractivity contribution in [3.8, 4) is 0 Å². The van der Waals surface area contributed by atoms with Gasteiger partial charge in [0.05, 0.1) is 5.56 Å². The van der Waals surface area contributed by atoms with Crippen molar-refractivity contribution < 1.29 is 18.0 Å². The van der Waals surface area contributed by atoms with Crippen molar-refractivity contribution in [2.24, 2.45) is 11.7 Å². The van der Waals surface area contributed by atoms with E-state index in [4.69, 9.17) is 5.73 Å². The van der Waals surface area contributed by atoms with Crippen LogP contribution >= 0.6 is 12.4 Å². The minimum Gasteiger partial charge on any atom is -0.353 e. The van der Waals surface area contributed by atoms with Crippen LogP contribution in [0.3, 0.4) is 0 Å². The van der Waals surface area contributed by atoms with E-state index in [-0.39, 0.29) is 36.3 Å². The van der Waals surface area contributed by atoms with E-state index in [1.165, 1.54) is 6.07 Å². The van der Waals surface area contributed by atoms with Crippen LogP contribution in [-0.2, 0) is 17.4 Å². The fourth-order valence-corrected chi connectivity index (χ4v) is 2.93. The molecule has 1 aliphatic rings. The van der Waals surface area contributed by atoms with Crippen molar-refractivity contribution in [2.75, 3.05) is 0 Å². The third-order valence-corrected chi connectivity index (χ3v) is 4.36. The third kappa shape index (κ3) is 5.98. The van der Waals surface area contributed by atoms with Crippen molar-refractivity contribution in [3.63, 3.8) is 0 Å². The Morgan fingerprint density at radius 3 is 2.50 bits per heavy atom. The summed E-state index contributed by atoms with van der Waals surface area (Å²) in [6.07, 6.45) is -0.545. The summed E-state index contributed by atoms with van der Waals surface area (Å²) in [6, 6.07) is 5.50. The van der Waals surface area contributed by atoms with Crippen LogP contribution in [0.1, 0.15) is 43.7 Å². The van der Waals surface area contributed by atoms with Crippen LogP contribution in [0.2, 0.25) is 0 Å². The van der Waals surface area contributed by atoms with E-state index in [1.54, 1.807) is 13.0 Å². The van der Waals surface area contributed by atoms with Gasteiger partial charge < -0.3 is 11.1 Å². The Morgan fingerprint density at radius 1 is 1.29 bits per heavy atom. The van der Waals surface area contributed by atoms with Crippen LogP contribution in [0, 0.1) is 5.92 Å². The van der Waals surface area contributed by atoms with Gasteiger partial charge in [-0.05, 0) is 43.7 Å². The first-order chi connectivity index (χ1) is 10.8. The molecular weight excluding hydrogens is 341 g/mol. The number of nitrogens with two attached hydrogens (primary N) is 1. The lowest BCUT2D eigenvalue weighted by molar-refractivity contribution is -0.137. The second kappa shape index (κ2) is 8.72. The molecule has 1 aromatic rings. The van der Waals surface area contributed by atoms with E-state index in [0.29, 0.717) is 12.0 Å². The minimum atomic E-state index is -4.36. The van der Waals surface area contributed by atoms with Gasteiger partial charge in [0.15, 0.2) is 0 Å². The highest BCUT2D eigenvalue weighted by Gasteiger charge is 2.30. The summed E-state index contributed by atoms with van der Waals surface area (Å²) in [5.41, 5.74) is 5.68. The maximum atomic E-state index is 12.7. The molecule has 1 fully saturated rings. The summed E-state index contributed by atoms with van der Waals surface area (Å²) in [5, 5.41) is 2.99. The number of alkyl halides is 3. The predicted octanol–water partition coefficient (Wildman–Crippen LogP) is 3.69. The van der Waals surface area contributed by atoms with Crippen molar-refractivity contribution in [3.05, 3.63) is 35.4 Å². The topological polar surface area (TPSA) is 55.1 Å². The zero-order chi connectivity index (χ0) is 17.0. The van der Waals surface area contributed by atoms with Gasteiger partial charge in [-0.1, -0.05) is 25.1 Å². The maximum absolute atomic E-state index is 12.7. The van der Waals surface area contributed by atoms with Gasteiger partial charge in [0.1, 0.15) is 0 Å². The Kier molecular flexibility index (Phi) is 7.55. The number of carbonyl (C=O) groups is 1. The molecule has 3 nitrogen and oxygen atoms in total. The molecule has 136 valence electrons. The second-order valence-corrected chi connectivity index (χ2v) is 6.42. The molecule has 1 amide bonds. The van der Waals surface area contributed by atoms with Crippen LogP contribution in [-0.4, -0.2) is 18.0 Å². The van der Waals surface area contributed by atoms with Crippen LogP contribution in [0.5, 0.6) is 0 Å². The molecule has 0 bridgehead atoms. The zero-order valence-corrected chi connectivity index (χ0v) is 14.4. The SMILES string of the molecule is CC(Cc1cccc(C(F)(F)F)c1)C(=O)NC1CCC(N)CC1.Cl. The summed E-state index contributed by atoms with van der Waals surface area (Å²) in [5.74, 6) is -0.475. The molecule has 0 aromatic heterocycles. The van der Waals surface area contributed by atoms with E-state index in [1.807, 2.05) is 0 Å². The number of nitrogens with one attached hydrogen (secondary N) is 1. The molecule has 0 aliphatic heterocycles. The third-order valence-electron chi connectivity index (χ3n) is 4.36. The largest absolute Gasteiger partial charge is 0.416 e. The van der Waals surface area contributed by atoms with Crippen molar-refractivity contribution in [1.82, 2.24) is 5.32 Å². The van der Waals surface area contributed by atoms with E-state index in [9.17, 15) is 18.0 Å². The van der Waals surface area contributed by atoms with Gasteiger partial charge in [-0.25, -0.2) is 0 Å². The van der Waals surface area contributed by atoms with Gasteiger partial charge >= 0.3 is 6.18 Å². The first-order valence-corrected chi connectivity index (χ1v) is 7.98. The summed E-state index contributed by atoms with van der Waals surface area (Å²) in [4.78, 5) is 12.2. The number of amides is 1. The standard InChI is InChI=1S/C17H23F3N2O.ClH/c1-11(16(23)22-15-7-5-14(21)6-8-15)9-12-3-2-4-13(10-12)17(18,19)20;/h2-4,10-11,14-15H,5-9,21H2,1H3,(H,22,23);1H. The molecule has 1 aliphatic carbocycles. The van der Waals surface area contributed by atoms with Gasteiger partial charge in [0, 0.05) is 18.0 Å². The fourth-order valence-electron chi connectivity index (χ4n) is 2.93. The Bertz CT molecular complexity index is 543. The fraction of sp³-hybridized carbons (Fsp3) is 0.588. The molecule has 1 atom stereocenters. The summed E-state index contributed by atoms with van der Waals surface area (Å²) >= 11 is 0. The lowest BCUT2D eigenvalue weighted by Gasteiger charge is -2.28. The summed E-state index contributed by atoms with van der Waals surface area (Å²) < 4.78 is 38.1. The van der Waals surface area contributed by atoms with Crippen LogP contribution in [0.15, 0.2) is 24.3 Å². The molecule has 1 aromatic carbocycles. The molecule has 0 heterocycles. The lowest BCUT2D eigenvalue weighted by Crippen LogP contribution is -2.42. The molecule has 0 saturated heterocycles. The van der Waals surface area contributed by atoms with Gasteiger partial charge in [0.2, 0.25) is 5.91 Å². The highest BCUT2D eigenvalue weighted by molar-refractivity contribution is 5.85. The van der Waals surface area contributed by atoms with Gasteiger partial charge in [-0.2, -0.15) is 13.2 Å². The van der Waals surface area contributed by atoms with Crippen LogP contribution in [0.4, 0.5) is 13.2 Å². The smallest absolute Gasteiger partial charge is 0.353 e. The highest BCUT2D eigenvalue weighted by atomic mass is 35.5. The van der Waals surface area contributed by atoms with Gasteiger partial charge in [0.25, 0.3) is 0 Å². The monoisotopic (exact) mass is 364 g/mol. The normalized spacial score (nSPS) is 22.4. The van der Waals surface area contributed by atoms with E-state index in [2.05, 4.69) is 5.32 Å². The summed E-state index contributed by atoms with van der Waals surface area (Å²) in [7, 11) is 0. The van der Waals surface area contributed by atoms with Crippen molar-refractivity contribution in [1.29, 1.82) is 0 Å². The number of hydrogen-bond donors (Lipinski definition) is 2. The lowest BCUT2D eigenvalue weighted by atomic mass is 9.91. The van der Waals surface area contributed by atoms with Crippen molar-refractivity contribution in [2.45, 2.75) is 57.3 Å². The number of rotatable bonds is 4. The minimum absolute atomic E-state index is 0. The van der Waals surface area contributed by atoms with E-state index in [0.717, 1.165) is 37.8 Å². The number of halogens is 4. The first-order valence-electron chi connectivity index (χ1n) is 7.98. The molecule has 2 rings (SSSR count). The Morgan fingerprint density at radius 2 is 1.92 bits per heavy atom. The zero-order valence-electron chi connectivity index (χ0n) is 13.6. The highest BCUT2D eigenvalue weighted by Crippen LogP contribution is 2.30. The molecule has 0 spiro atoms. The first kappa shape index (κ1) is 20.8. The number of carbonyl (C=O) groups excluding carboxylic acids is 1. The molecule has 1 saturated carbocycles. The quantitative estimate of drug-likeness (QED) is 0.856. The van der Waals surface area contributed by atoms with E-state index >= 15 is 0 Å². The Hall–Kier alpha value is -1.27. The van der Waals surface area contributed by atoms with Gasteiger partial charge in [-0.15, -0.1) is 12.4 Å². The average molecular weight is 365 g/mol. The molecule has 7 heteroatoms. The van der Waals surface area contributed by atoms with Gasteiger partial charge in [-0.3, -0.25) is 4.79 Å². The molecular formula is C17H24ClF3N2O. The Labute approximate surface area is 146 Å². The number of benzene rings is 1. The van der Waals surface area contributed by atoms with Crippen LogP contribution < -0.4 is 11.1 Å². The predicted molar refractivity (Wildman–Crippen MR) is 89.9 cm³/mol. The van der Waals surface area contributed by atoms with Crippen LogP contribution in [0.25, 0.3) is 0 Å². The van der Waals surface area contributed by atoms with E-state index < -0.39 is 11.7 Å². The average Bonchev–Trinajstić information content (AvgIpc) is 2.49. The molecule has 3 N–H and O–H groups in total. The maximum Gasteiger partial charge on any atom is 0.416 e. The Balaban J connectivity index is 0.00000288. The second-order valence-electron chi connectivity index (χ2n) is 6.42. The molecule has 0 radical (unpaired) electrons. The molecule has 24 heavy (non-hydrogen) atoms. The molecule has 1 unspecified atom stereocenters. The number of hydrogen-bond acceptors (Lipinski definition) is 2. The van der Waals surface area contributed by atoms with Crippen molar-refractivity contribution >= 4 is 18.3 Å².